The highest BCUT2D eigenvalue weighted by Crippen LogP contribution is 2.49. The van der Waals surface area contributed by atoms with Gasteiger partial charge in [0, 0.05) is 16.6 Å². The maximum atomic E-state index is 3.70. The topological polar surface area (TPSA) is 36.1 Å². The Morgan fingerprint density at radius 3 is 0.828 bits per heavy atom. The lowest BCUT2D eigenvalue weighted by Gasteiger charge is -2.46. The second kappa shape index (κ2) is 11.5. The molecule has 0 amide bonds. The molecule has 0 aliphatic carbocycles. The van der Waals surface area contributed by atoms with Gasteiger partial charge in [-0.25, -0.2) is 0 Å². The predicted octanol–water partition coefficient (Wildman–Crippen LogP) is 6.52. The fourth-order valence-corrected chi connectivity index (χ4v) is 4.17. The van der Waals surface area contributed by atoms with Crippen LogP contribution < -0.4 is 16.0 Å². The van der Waals surface area contributed by atoms with E-state index in [9.17, 15) is 0 Å². The average Bonchev–Trinajstić information content (AvgIpc) is 2.47. The standard InChI is InChI=1S/C26H57N3/c1-22(2,3)26(16-13-19-27-23(4,5)6,17-14-20-28-24(7,8)9)18-15-21-29-25(10,11)12/h27-29H,13-21H2,1-12H3. The molecule has 176 valence electrons. The van der Waals surface area contributed by atoms with E-state index in [1.54, 1.807) is 0 Å². The van der Waals surface area contributed by atoms with Crippen LogP contribution in [0.5, 0.6) is 0 Å². The van der Waals surface area contributed by atoms with E-state index in [0.29, 0.717) is 10.8 Å². The summed E-state index contributed by atoms with van der Waals surface area (Å²) in [6, 6.07) is 0. The fraction of sp³-hybridized carbons (Fsp3) is 1.00. The van der Waals surface area contributed by atoms with Crippen molar-refractivity contribution in [1.82, 2.24) is 16.0 Å². The zero-order valence-electron chi connectivity index (χ0n) is 22.4. The minimum absolute atomic E-state index is 0.206. The van der Waals surface area contributed by atoms with Crippen molar-refractivity contribution in [2.24, 2.45) is 10.8 Å². The summed E-state index contributed by atoms with van der Waals surface area (Å²) in [6.07, 6.45) is 7.70. The Labute approximate surface area is 185 Å². The van der Waals surface area contributed by atoms with Crippen molar-refractivity contribution >= 4 is 0 Å². The van der Waals surface area contributed by atoms with Gasteiger partial charge in [-0.05, 0) is 131 Å². The van der Waals surface area contributed by atoms with E-state index in [0.717, 1.165) is 19.6 Å². The second-order valence-electron chi connectivity index (χ2n) is 13.4. The average molecular weight is 412 g/mol. The molecule has 0 aromatic heterocycles. The zero-order chi connectivity index (χ0) is 23.0. The third-order valence-electron chi connectivity index (χ3n) is 6.05. The van der Waals surface area contributed by atoms with E-state index < -0.39 is 0 Å². The van der Waals surface area contributed by atoms with Crippen molar-refractivity contribution in [3.63, 3.8) is 0 Å². The van der Waals surface area contributed by atoms with Gasteiger partial charge in [0.05, 0.1) is 0 Å². The van der Waals surface area contributed by atoms with Crippen LogP contribution in [0.3, 0.4) is 0 Å². The lowest BCUT2D eigenvalue weighted by molar-refractivity contribution is 0.0438. The molecule has 0 aromatic rings. The summed E-state index contributed by atoms with van der Waals surface area (Å²) in [5, 5.41) is 11.1. The second-order valence-corrected chi connectivity index (χ2v) is 13.4. The summed E-state index contributed by atoms with van der Waals surface area (Å²) >= 11 is 0. The van der Waals surface area contributed by atoms with Gasteiger partial charge in [0.25, 0.3) is 0 Å². The van der Waals surface area contributed by atoms with Gasteiger partial charge in [-0.3, -0.25) is 0 Å². The van der Waals surface area contributed by atoms with Crippen molar-refractivity contribution in [2.45, 2.75) is 138 Å². The molecule has 0 aromatic carbocycles. The smallest absolute Gasteiger partial charge is 0.00965 e. The molecule has 29 heavy (non-hydrogen) atoms. The number of rotatable bonds is 12. The third kappa shape index (κ3) is 14.5. The molecule has 0 aliphatic heterocycles. The lowest BCUT2D eigenvalue weighted by Crippen LogP contribution is -2.42. The van der Waals surface area contributed by atoms with Crippen molar-refractivity contribution in [1.29, 1.82) is 0 Å². The minimum Gasteiger partial charge on any atom is -0.312 e. The Bertz CT molecular complexity index is 372. The summed E-state index contributed by atoms with van der Waals surface area (Å²) in [7, 11) is 0. The van der Waals surface area contributed by atoms with Crippen LogP contribution in [-0.4, -0.2) is 36.3 Å². The Hall–Kier alpha value is -0.120. The van der Waals surface area contributed by atoms with Gasteiger partial charge < -0.3 is 16.0 Å². The van der Waals surface area contributed by atoms with Crippen LogP contribution in [0, 0.1) is 10.8 Å². The summed E-state index contributed by atoms with van der Waals surface area (Å²) in [5.41, 5.74) is 1.33. The molecule has 0 aliphatic rings. The summed E-state index contributed by atoms with van der Waals surface area (Å²) in [5.74, 6) is 0. The zero-order valence-corrected chi connectivity index (χ0v) is 22.4. The van der Waals surface area contributed by atoms with E-state index in [-0.39, 0.29) is 16.6 Å². The maximum Gasteiger partial charge on any atom is 0.00965 e. The van der Waals surface area contributed by atoms with Gasteiger partial charge >= 0.3 is 0 Å². The molecule has 3 N–H and O–H groups in total. The Morgan fingerprint density at radius 1 is 0.414 bits per heavy atom. The molecule has 0 fully saturated rings. The molecule has 0 heterocycles. The quantitative estimate of drug-likeness (QED) is 0.320. The first-order valence-corrected chi connectivity index (χ1v) is 12.1. The maximum absolute atomic E-state index is 3.70. The Balaban J connectivity index is 5.07. The van der Waals surface area contributed by atoms with Crippen LogP contribution in [0.1, 0.15) is 122 Å². The van der Waals surface area contributed by atoms with E-state index in [1.807, 2.05) is 0 Å². The van der Waals surface area contributed by atoms with E-state index >= 15 is 0 Å². The number of hydrogen-bond acceptors (Lipinski definition) is 3. The first kappa shape index (κ1) is 28.9. The summed E-state index contributed by atoms with van der Waals surface area (Å²) in [6.45, 7) is 31.1. The number of hydrogen-bond donors (Lipinski definition) is 3. The van der Waals surface area contributed by atoms with E-state index in [2.05, 4.69) is 99.0 Å². The van der Waals surface area contributed by atoms with Crippen LogP contribution in [-0.2, 0) is 0 Å². The molecule has 0 saturated heterocycles. The molecular weight excluding hydrogens is 354 g/mol. The number of nitrogens with one attached hydrogen (secondary N) is 3. The van der Waals surface area contributed by atoms with Crippen molar-refractivity contribution in [3.05, 3.63) is 0 Å². The van der Waals surface area contributed by atoms with Crippen molar-refractivity contribution in [3.8, 4) is 0 Å². The van der Waals surface area contributed by atoms with Crippen LogP contribution in [0.25, 0.3) is 0 Å². The molecule has 3 heteroatoms. The van der Waals surface area contributed by atoms with Gasteiger partial charge in [0.1, 0.15) is 0 Å². The SMILES string of the molecule is CC(C)(C)NCCCC(CCCNC(C)(C)C)(CCCNC(C)(C)C)C(C)(C)C. The first-order chi connectivity index (χ1) is 12.9. The highest BCUT2D eigenvalue weighted by Gasteiger charge is 2.40. The van der Waals surface area contributed by atoms with Gasteiger partial charge in [-0.15, -0.1) is 0 Å². The Kier molecular flexibility index (Phi) is 11.4. The van der Waals surface area contributed by atoms with Crippen LogP contribution in [0.4, 0.5) is 0 Å². The van der Waals surface area contributed by atoms with E-state index in [4.69, 9.17) is 0 Å². The van der Waals surface area contributed by atoms with Gasteiger partial charge in [-0.1, -0.05) is 20.8 Å². The molecule has 0 saturated carbocycles. The van der Waals surface area contributed by atoms with E-state index in [1.165, 1.54) is 38.5 Å². The molecule has 0 unspecified atom stereocenters. The van der Waals surface area contributed by atoms with Crippen LogP contribution in [0.2, 0.25) is 0 Å². The normalized spacial score (nSPS) is 14.5. The fourth-order valence-electron chi connectivity index (χ4n) is 4.17. The summed E-state index contributed by atoms with van der Waals surface area (Å²) in [4.78, 5) is 0. The van der Waals surface area contributed by atoms with Crippen molar-refractivity contribution in [2.75, 3.05) is 19.6 Å². The minimum atomic E-state index is 0.206. The van der Waals surface area contributed by atoms with Gasteiger partial charge in [0.2, 0.25) is 0 Å². The largest absolute Gasteiger partial charge is 0.312 e. The first-order valence-electron chi connectivity index (χ1n) is 12.1. The van der Waals surface area contributed by atoms with Crippen LogP contribution >= 0.6 is 0 Å². The van der Waals surface area contributed by atoms with Gasteiger partial charge in [0.15, 0.2) is 0 Å². The lowest BCUT2D eigenvalue weighted by atomic mass is 9.59. The third-order valence-corrected chi connectivity index (χ3v) is 6.05. The van der Waals surface area contributed by atoms with Crippen LogP contribution in [0.15, 0.2) is 0 Å². The molecule has 3 nitrogen and oxygen atoms in total. The van der Waals surface area contributed by atoms with Gasteiger partial charge in [-0.2, -0.15) is 0 Å². The molecule has 0 atom stereocenters. The highest BCUT2D eigenvalue weighted by atomic mass is 14.9. The molecular formula is C26H57N3. The van der Waals surface area contributed by atoms with Crippen molar-refractivity contribution < 1.29 is 0 Å². The monoisotopic (exact) mass is 411 g/mol. The Morgan fingerprint density at radius 2 is 0.655 bits per heavy atom. The molecule has 0 radical (unpaired) electrons. The molecule has 0 spiro atoms. The summed E-state index contributed by atoms with van der Waals surface area (Å²) < 4.78 is 0. The predicted molar refractivity (Wildman–Crippen MR) is 133 cm³/mol. The molecule has 0 rings (SSSR count). The molecule has 0 bridgehead atoms. The highest BCUT2D eigenvalue weighted by molar-refractivity contribution is 4.91.